The summed E-state index contributed by atoms with van der Waals surface area (Å²) in [4.78, 5) is 20.7. The molecule has 2 atom stereocenters. The number of thioether (sulfide) groups is 1. The number of benzene rings is 1. The normalized spacial score (nSPS) is 25.6. The predicted octanol–water partition coefficient (Wildman–Crippen LogP) is 2.45. The van der Waals surface area contributed by atoms with Crippen LogP contribution in [0.4, 0.5) is 0 Å². The number of thiophene rings is 1. The van der Waals surface area contributed by atoms with E-state index in [-0.39, 0.29) is 12.0 Å². The summed E-state index contributed by atoms with van der Waals surface area (Å²) in [7, 11) is 7.75. The second kappa shape index (κ2) is 5.67. The van der Waals surface area contributed by atoms with Crippen LogP contribution in [0.2, 0.25) is 0 Å². The zero-order valence-corrected chi connectivity index (χ0v) is 15.0. The van der Waals surface area contributed by atoms with E-state index < -0.39 is 5.54 Å². The van der Waals surface area contributed by atoms with Gasteiger partial charge in [0, 0.05) is 23.9 Å². The maximum absolute atomic E-state index is 13.1. The fourth-order valence-corrected chi connectivity index (χ4v) is 4.68. The molecule has 2 radical (unpaired) electrons. The van der Waals surface area contributed by atoms with Crippen LogP contribution in [0.5, 0.6) is 5.75 Å². The standard InChI is InChI=1S/C17H15BN2O2S2/c1-20-15(21)17(19-16(20)23-2)9-13(14-4-3-7-24-14)22-12-6-5-10(18)8-11(12)17/h3-8,13H,9H2,1-2H3. The van der Waals surface area contributed by atoms with Crippen LogP contribution in [0, 0.1) is 0 Å². The van der Waals surface area contributed by atoms with Crippen molar-refractivity contribution in [1.29, 1.82) is 0 Å². The Morgan fingerprint density at radius 3 is 2.96 bits per heavy atom. The lowest BCUT2D eigenvalue weighted by Gasteiger charge is -2.36. The van der Waals surface area contributed by atoms with Gasteiger partial charge >= 0.3 is 0 Å². The maximum atomic E-state index is 13.1. The lowest BCUT2D eigenvalue weighted by Crippen LogP contribution is -2.43. The Kier molecular flexibility index (Phi) is 3.73. The number of aliphatic imine (C=N–C) groups is 1. The Hall–Kier alpha value is -1.73. The summed E-state index contributed by atoms with van der Waals surface area (Å²) in [6.07, 6.45) is 2.22. The van der Waals surface area contributed by atoms with Crippen molar-refractivity contribution in [2.75, 3.05) is 13.3 Å². The molecule has 24 heavy (non-hydrogen) atoms. The van der Waals surface area contributed by atoms with E-state index in [1.54, 1.807) is 29.4 Å². The third kappa shape index (κ3) is 2.22. The molecule has 0 fully saturated rings. The smallest absolute Gasteiger partial charge is 0.261 e. The molecule has 2 aromatic rings. The number of nitrogens with zero attached hydrogens (tertiary/aromatic N) is 2. The highest BCUT2D eigenvalue weighted by Gasteiger charge is 2.54. The number of hydrogen-bond acceptors (Lipinski definition) is 5. The highest BCUT2D eigenvalue weighted by atomic mass is 32.2. The number of amidine groups is 1. The minimum Gasteiger partial charge on any atom is -0.484 e. The SMILES string of the molecule is [B]c1ccc2c(c1)C1(CC(c3cccs3)O2)N=C(SC)N(C)C1=O. The number of ether oxygens (including phenoxy) is 1. The van der Waals surface area contributed by atoms with Crippen LogP contribution in [0.15, 0.2) is 40.7 Å². The zero-order chi connectivity index (χ0) is 16.9. The summed E-state index contributed by atoms with van der Waals surface area (Å²) in [6.45, 7) is 0. The summed E-state index contributed by atoms with van der Waals surface area (Å²) in [5, 5.41) is 2.74. The van der Waals surface area contributed by atoms with Crippen LogP contribution in [0.1, 0.15) is 23.0 Å². The summed E-state index contributed by atoms with van der Waals surface area (Å²) in [6, 6.07) is 9.48. The maximum Gasteiger partial charge on any atom is 0.261 e. The predicted molar refractivity (Wildman–Crippen MR) is 99.5 cm³/mol. The topological polar surface area (TPSA) is 41.9 Å². The summed E-state index contributed by atoms with van der Waals surface area (Å²) < 4.78 is 6.18. The molecule has 4 rings (SSSR count). The van der Waals surface area contributed by atoms with Gasteiger partial charge in [-0.15, -0.1) is 11.3 Å². The summed E-state index contributed by atoms with van der Waals surface area (Å²) in [5.74, 6) is 0.658. The molecule has 0 N–H and O–H groups in total. The van der Waals surface area contributed by atoms with Crippen molar-refractivity contribution in [3.63, 3.8) is 0 Å². The van der Waals surface area contributed by atoms with Gasteiger partial charge in [0.1, 0.15) is 19.7 Å². The fourth-order valence-electron chi connectivity index (χ4n) is 3.32. The molecule has 1 spiro atoms. The van der Waals surface area contributed by atoms with Crippen molar-refractivity contribution in [2.24, 2.45) is 4.99 Å². The molecular formula is C17H15BN2O2S2. The second-order valence-electron chi connectivity index (χ2n) is 5.90. The zero-order valence-electron chi connectivity index (χ0n) is 13.4. The van der Waals surface area contributed by atoms with E-state index in [1.807, 2.05) is 35.9 Å². The molecule has 1 amide bonds. The molecule has 120 valence electrons. The molecule has 2 aliphatic rings. The molecule has 1 aromatic carbocycles. The van der Waals surface area contributed by atoms with Gasteiger partial charge in [0.2, 0.25) is 0 Å². The Morgan fingerprint density at radius 2 is 2.29 bits per heavy atom. The van der Waals surface area contributed by atoms with Crippen LogP contribution in [0.3, 0.4) is 0 Å². The first kappa shape index (κ1) is 15.8. The molecular weight excluding hydrogens is 339 g/mol. The van der Waals surface area contributed by atoms with E-state index in [4.69, 9.17) is 17.6 Å². The molecule has 2 unspecified atom stereocenters. The van der Waals surface area contributed by atoms with Gasteiger partial charge in [0.25, 0.3) is 5.91 Å². The quantitative estimate of drug-likeness (QED) is 0.739. The number of amides is 1. The van der Waals surface area contributed by atoms with Gasteiger partial charge in [-0.05, 0) is 23.8 Å². The fraction of sp³-hybridized carbons (Fsp3) is 0.294. The van der Waals surface area contributed by atoms with Crippen molar-refractivity contribution in [3.8, 4) is 5.75 Å². The Labute approximate surface area is 150 Å². The molecule has 2 aliphatic heterocycles. The van der Waals surface area contributed by atoms with Crippen LogP contribution in [-0.4, -0.2) is 37.1 Å². The monoisotopic (exact) mass is 354 g/mol. The van der Waals surface area contributed by atoms with Crippen molar-refractivity contribution in [3.05, 3.63) is 46.2 Å². The first-order chi connectivity index (χ1) is 11.5. The molecule has 0 aliphatic carbocycles. The van der Waals surface area contributed by atoms with Gasteiger partial charge in [-0.1, -0.05) is 35.4 Å². The largest absolute Gasteiger partial charge is 0.484 e. The van der Waals surface area contributed by atoms with Gasteiger partial charge < -0.3 is 4.74 Å². The van der Waals surface area contributed by atoms with E-state index in [9.17, 15) is 4.79 Å². The highest BCUT2D eigenvalue weighted by Crippen LogP contribution is 2.50. The van der Waals surface area contributed by atoms with Gasteiger partial charge in [-0.3, -0.25) is 9.69 Å². The van der Waals surface area contributed by atoms with Crippen molar-refractivity contribution < 1.29 is 9.53 Å². The molecule has 4 nitrogen and oxygen atoms in total. The van der Waals surface area contributed by atoms with E-state index in [2.05, 4.69) is 0 Å². The average Bonchev–Trinajstić information content (AvgIpc) is 3.19. The van der Waals surface area contributed by atoms with Crippen LogP contribution < -0.4 is 10.2 Å². The molecule has 0 saturated heterocycles. The summed E-state index contributed by atoms with van der Waals surface area (Å²) in [5.41, 5.74) is 0.413. The van der Waals surface area contributed by atoms with Crippen molar-refractivity contribution in [2.45, 2.75) is 18.1 Å². The van der Waals surface area contributed by atoms with Crippen LogP contribution in [0.25, 0.3) is 0 Å². The molecule has 3 heterocycles. The van der Waals surface area contributed by atoms with E-state index in [1.165, 1.54) is 11.8 Å². The number of fused-ring (bicyclic) bond motifs is 2. The van der Waals surface area contributed by atoms with Crippen molar-refractivity contribution in [1.82, 2.24) is 4.90 Å². The number of carbonyl (C=O) groups is 1. The third-order valence-electron chi connectivity index (χ3n) is 4.47. The highest BCUT2D eigenvalue weighted by molar-refractivity contribution is 8.13. The van der Waals surface area contributed by atoms with Crippen molar-refractivity contribution >= 4 is 47.5 Å². The van der Waals surface area contributed by atoms with Gasteiger partial charge in [0.05, 0.1) is 0 Å². The number of hydrogen-bond donors (Lipinski definition) is 0. The van der Waals surface area contributed by atoms with Gasteiger partial charge in [-0.2, -0.15) is 0 Å². The Bertz CT molecular complexity index is 837. The van der Waals surface area contributed by atoms with Gasteiger partial charge in [-0.25, -0.2) is 4.99 Å². The number of carbonyl (C=O) groups excluding carboxylic acids is 1. The van der Waals surface area contributed by atoms with E-state index in [0.29, 0.717) is 17.6 Å². The Balaban J connectivity index is 1.90. The molecule has 7 heteroatoms. The average molecular weight is 354 g/mol. The Morgan fingerprint density at radius 1 is 1.46 bits per heavy atom. The lowest BCUT2D eigenvalue weighted by molar-refractivity contribution is -0.132. The first-order valence-electron chi connectivity index (χ1n) is 7.57. The minimum atomic E-state index is -0.954. The first-order valence-corrected chi connectivity index (χ1v) is 9.67. The number of rotatable bonds is 1. The second-order valence-corrected chi connectivity index (χ2v) is 7.66. The lowest BCUT2D eigenvalue weighted by atomic mass is 9.79. The van der Waals surface area contributed by atoms with E-state index in [0.717, 1.165) is 15.6 Å². The van der Waals surface area contributed by atoms with Crippen LogP contribution in [-0.2, 0) is 10.3 Å². The molecule has 0 saturated carbocycles. The van der Waals surface area contributed by atoms with Gasteiger partial charge in [0.15, 0.2) is 10.7 Å². The number of likely N-dealkylation sites (N-methyl/N-ethyl adjacent to an activating group) is 1. The molecule has 1 aromatic heterocycles. The van der Waals surface area contributed by atoms with E-state index >= 15 is 0 Å². The third-order valence-corrected chi connectivity index (χ3v) is 6.17. The van der Waals surface area contributed by atoms with Crippen LogP contribution >= 0.6 is 23.1 Å². The molecule has 0 bridgehead atoms. The minimum absolute atomic E-state index is 0.0245. The summed E-state index contributed by atoms with van der Waals surface area (Å²) >= 11 is 3.10.